The van der Waals surface area contributed by atoms with Crippen LogP contribution in [0.1, 0.15) is 28.3 Å². The first-order valence-corrected chi connectivity index (χ1v) is 12.9. The fraction of sp³-hybridized carbons (Fsp3) is 0.179. The van der Waals surface area contributed by atoms with Gasteiger partial charge in [0.05, 0.1) is 21.8 Å². The van der Waals surface area contributed by atoms with Crippen LogP contribution in [-0.4, -0.2) is 35.0 Å². The summed E-state index contributed by atoms with van der Waals surface area (Å²) in [7, 11) is 0. The summed E-state index contributed by atoms with van der Waals surface area (Å²) in [4.78, 5) is 33.1. The highest BCUT2D eigenvalue weighted by atomic mass is 35.5. The molecule has 0 radical (unpaired) electrons. The lowest BCUT2D eigenvalue weighted by atomic mass is 9.95. The minimum Gasteiger partial charge on any atom is -0.507 e. The minimum absolute atomic E-state index is 0.0453. The number of rotatable bonds is 3. The second-order valence-electron chi connectivity index (χ2n) is 9.01. The number of Topliss-reactive ketones (excluding diaryl/α,β-unsaturated/α-hetero) is 1. The molecule has 3 aromatic carbocycles. The van der Waals surface area contributed by atoms with E-state index in [2.05, 4.69) is 0 Å². The van der Waals surface area contributed by atoms with Crippen molar-refractivity contribution in [3.8, 4) is 11.5 Å². The summed E-state index contributed by atoms with van der Waals surface area (Å²) in [5, 5.41) is 12.2. The second-order valence-corrected chi connectivity index (χ2v) is 10.5. The summed E-state index contributed by atoms with van der Waals surface area (Å²) in [6.45, 7) is 4.76. The van der Waals surface area contributed by atoms with Gasteiger partial charge in [0.15, 0.2) is 16.6 Å². The molecule has 0 bridgehead atoms. The first-order valence-electron chi connectivity index (χ1n) is 11.7. The van der Waals surface area contributed by atoms with Gasteiger partial charge in [-0.15, -0.1) is 0 Å². The standard InChI is InChI=1S/C28H21ClN2O5S/c1-14-10-15(2)23-21(11-14)37-28(30-23)31-24(16-4-3-5-18(29)12-16)22(26(33)27(31)34)25(32)17-6-7-19-20(13-17)36-9-8-35-19/h3-7,10-13,24,32H,8-9H2,1-2H3/t24-/m1/s1. The van der Waals surface area contributed by atoms with Crippen molar-refractivity contribution < 1.29 is 24.2 Å². The lowest BCUT2D eigenvalue weighted by Gasteiger charge is -2.23. The molecule has 1 aromatic heterocycles. The number of aromatic nitrogens is 1. The molecule has 2 aliphatic rings. The molecule has 3 heterocycles. The van der Waals surface area contributed by atoms with E-state index in [0.29, 0.717) is 46.0 Å². The number of hydrogen-bond acceptors (Lipinski definition) is 7. The molecule has 1 amide bonds. The number of amides is 1. The zero-order valence-corrected chi connectivity index (χ0v) is 21.5. The Balaban J connectivity index is 1.55. The van der Waals surface area contributed by atoms with Crippen molar-refractivity contribution in [2.45, 2.75) is 19.9 Å². The van der Waals surface area contributed by atoms with Gasteiger partial charge < -0.3 is 14.6 Å². The predicted molar refractivity (Wildman–Crippen MR) is 143 cm³/mol. The van der Waals surface area contributed by atoms with Crippen molar-refractivity contribution >= 4 is 55.7 Å². The molecule has 0 unspecified atom stereocenters. The summed E-state index contributed by atoms with van der Waals surface area (Å²) in [5.74, 6) is -0.867. The SMILES string of the molecule is Cc1cc(C)c2nc(N3C(=O)C(=O)C(=C(O)c4ccc5c(c4)OCCO5)[C@H]3c3cccc(Cl)c3)sc2c1. The van der Waals surface area contributed by atoms with Gasteiger partial charge in [0.2, 0.25) is 0 Å². The van der Waals surface area contributed by atoms with E-state index in [-0.39, 0.29) is 11.3 Å². The summed E-state index contributed by atoms with van der Waals surface area (Å²) >= 11 is 7.63. The molecule has 1 atom stereocenters. The number of ether oxygens (including phenoxy) is 2. The number of aryl methyl sites for hydroxylation is 2. The molecule has 7 nitrogen and oxygen atoms in total. The number of fused-ring (bicyclic) bond motifs is 2. The molecule has 186 valence electrons. The van der Waals surface area contributed by atoms with Gasteiger partial charge >= 0.3 is 5.91 Å². The quantitative estimate of drug-likeness (QED) is 0.199. The molecular formula is C28H21ClN2O5S. The number of thiazole rings is 1. The van der Waals surface area contributed by atoms with Gasteiger partial charge in [-0.3, -0.25) is 14.5 Å². The van der Waals surface area contributed by atoms with Crippen LogP contribution in [0.3, 0.4) is 0 Å². The first kappa shape index (κ1) is 23.5. The number of hydrogen-bond donors (Lipinski definition) is 1. The molecule has 37 heavy (non-hydrogen) atoms. The van der Waals surface area contributed by atoms with Gasteiger partial charge in [-0.05, 0) is 66.9 Å². The van der Waals surface area contributed by atoms with Crippen molar-refractivity contribution in [2.75, 3.05) is 18.1 Å². The molecule has 2 aliphatic heterocycles. The van der Waals surface area contributed by atoms with Crippen LogP contribution < -0.4 is 14.4 Å². The van der Waals surface area contributed by atoms with Gasteiger partial charge in [-0.2, -0.15) is 0 Å². The number of halogens is 1. The van der Waals surface area contributed by atoms with Crippen molar-refractivity contribution in [3.63, 3.8) is 0 Å². The maximum Gasteiger partial charge on any atom is 0.301 e. The first-order chi connectivity index (χ1) is 17.8. The summed E-state index contributed by atoms with van der Waals surface area (Å²) in [5.41, 5.74) is 3.69. The Morgan fingerprint density at radius 1 is 1.05 bits per heavy atom. The Kier molecular flexibility index (Phi) is 5.66. The van der Waals surface area contributed by atoms with Gasteiger partial charge in [0.1, 0.15) is 19.0 Å². The second kappa shape index (κ2) is 8.90. The minimum atomic E-state index is -0.922. The lowest BCUT2D eigenvalue weighted by molar-refractivity contribution is -0.132. The lowest BCUT2D eigenvalue weighted by Crippen LogP contribution is -2.29. The molecule has 0 aliphatic carbocycles. The fourth-order valence-corrected chi connectivity index (χ4v) is 6.20. The highest BCUT2D eigenvalue weighted by Crippen LogP contribution is 2.45. The number of anilines is 1. The van der Waals surface area contributed by atoms with Gasteiger partial charge in [-0.25, -0.2) is 4.98 Å². The zero-order valence-electron chi connectivity index (χ0n) is 19.9. The average molecular weight is 533 g/mol. The third-order valence-electron chi connectivity index (χ3n) is 6.45. The van der Waals surface area contributed by atoms with Crippen LogP contribution in [0.4, 0.5) is 5.13 Å². The van der Waals surface area contributed by atoms with Crippen molar-refractivity contribution in [1.29, 1.82) is 0 Å². The topological polar surface area (TPSA) is 89.0 Å². The molecule has 0 saturated carbocycles. The Morgan fingerprint density at radius 2 is 1.84 bits per heavy atom. The molecular weight excluding hydrogens is 512 g/mol. The maximum absolute atomic E-state index is 13.5. The number of aliphatic hydroxyl groups excluding tert-OH is 1. The van der Waals surface area contributed by atoms with Gasteiger partial charge in [-0.1, -0.05) is 41.1 Å². The molecule has 9 heteroatoms. The zero-order chi connectivity index (χ0) is 25.8. The molecule has 0 spiro atoms. The van der Waals surface area contributed by atoms with Crippen LogP contribution in [0.25, 0.3) is 16.0 Å². The maximum atomic E-state index is 13.5. The van der Waals surface area contributed by atoms with E-state index >= 15 is 0 Å². The monoisotopic (exact) mass is 532 g/mol. The van der Waals surface area contributed by atoms with Crippen molar-refractivity contribution in [1.82, 2.24) is 4.98 Å². The number of benzene rings is 3. The highest BCUT2D eigenvalue weighted by molar-refractivity contribution is 7.22. The van der Waals surface area contributed by atoms with E-state index < -0.39 is 17.7 Å². The van der Waals surface area contributed by atoms with Crippen LogP contribution in [-0.2, 0) is 9.59 Å². The molecule has 1 N–H and O–H groups in total. The van der Waals surface area contributed by atoms with Gasteiger partial charge in [0.25, 0.3) is 5.78 Å². The van der Waals surface area contributed by atoms with Gasteiger partial charge in [0, 0.05) is 10.6 Å². The number of nitrogens with zero attached hydrogens (tertiary/aromatic N) is 2. The molecule has 1 fully saturated rings. The summed E-state index contributed by atoms with van der Waals surface area (Å²) in [6.07, 6.45) is 0. The van der Waals surface area contributed by atoms with Crippen LogP contribution in [0.15, 0.2) is 60.2 Å². The highest BCUT2D eigenvalue weighted by Gasteiger charge is 2.48. The van der Waals surface area contributed by atoms with Crippen molar-refractivity contribution in [3.05, 3.63) is 87.4 Å². The Bertz CT molecular complexity index is 1640. The van der Waals surface area contributed by atoms with Crippen molar-refractivity contribution in [2.24, 2.45) is 0 Å². The Hall–Kier alpha value is -3.88. The van der Waals surface area contributed by atoms with E-state index in [1.54, 1.807) is 42.5 Å². The molecule has 4 aromatic rings. The summed E-state index contributed by atoms with van der Waals surface area (Å²) in [6, 6.07) is 14.9. The van der Waals surface area contributed by atoms with E-state index in [0.717, 1.165) is 21.3 Å². The smallest absolute Gasteiger partial charge is 0.301 e. The van der Waals surface area contributed by atoms with Crippen LogP contribution in [0.2, 0.25) is 5.02 Å². The van der Waals surface area contributed by atoms with E-state index in [9.17, 15) is 14.7 Å². The predicted octanol–water partition coefficient (Wildman–Crippen LogP) is 5.96. The fourth-order valence-electron chi connectivity index (χ4n) is 4.83. The largest absolute Gasteiger partial charge is 0.507 e. The third-order valence-corrected chi connectivity index (χ3v) is 7.69. The van der Waals surface area contributed by atoms with E-state index in [4.69, 9.17) is 26.1 Å². The molecule has 6 rings (SSSR count). The van der Waals surface area contributed by atoms with Crippen LogP contribution in [0, 0.1) is 13.8 Å². The number of carbonyl (C=O) groups is 2. The Labute approximate surface area is 221 Å². The van der Waals surface area contributed by atoms with E-state index in [1.807, 2.05) is 26.0 Å². The Morgan fingerprint density at radius 3 is 2.62 bits per heavy atom. The number of ketones is 1. The summed E-state index contributed by atoms with van der Waals surface area (Å²) < 4.78 is 12.1. The third kappa shape index (κ3) is 3.93. The normalized spacial score (nSPS) is 18.6. The average Bonchev–Trinajstić information content (AvgIpc) is 3.42. The van der Waals surface area contributed by atoms with E-state index in [1.165, 1.54) is 16.2 Å². The van der Waals surface area contributed by atoms with Crippen LogP contribution in [0.5, 0.6) is 11.5 Å². The molecule has 1 saturated heterocycles. The number of carbonyl (C=O) groups excluding carboxylic acids is 2. The van der Waals surface area contributed by atoms with Crippen LogP contribution >= 0.6 is 22.9 Å². The number of aliphatic hydroxyl groups is 1.